The largest absolute Gasteiger partial charge is 0.504 e. The van der Waals surface area contributed by atoms with Crippen molar-refractivity contribution in [2.24, 2.45) is 5.73 Å². The van der Waals surface area contributed by atoms with E-state index in [2.05, 4.69) is 6.07 Å². The molecule has 0 radical (unpaired) electrons. The Labute approximate surface area is 173 Å². The first-order valence-electron chi connectivity index (χ1n) is 9.06. The van der Waals surface area contributed by atoms with Crippen molar-refractivity contribution in [3.05, 3.63) is 75.8 Å². The Bertz CT molecular complexity index is 1240. The quantitative estimate of drug-likeness (QED) is 0.773. The number of phenols is 1. The van der Waals surface area contributed by atoms with Gasteiger partial charge in [0.2, 0.25) is 0 Å². The third kappa shape index (κ3) is 2.97. The molecule has 2 aromatic rings. The third-order valence-electron chi connectivity index (χ3n) is 5.31. The van der Waals surface area contributed by atoms with Gasteiger partial charge in [-0.2, -0.15) is 5.26 Å². The van der Waals surface area contributed by atoms with Crippen molar-refractivity contribution in [1.29, 1.82) is 5.26 Å². The van der Waals surface area contributed by atoms with Crippen molar-refractivity contribution in [3.8, 4) is 17.6 Å². The fraction of sp³-hybridized carbons (Fsp3) is 0.190. The molecule has 0 saturated carbocycles. The van der Waals surface area contributed by atoms with Crippen molar-refractivity contribution in [1.82, 2.24) is 0 Å². The van der Waals surface area contributed by atoms with E-state index in [0.29, 0.717) is 16.9 Å². The van der Waals surface area contributed by atoms with Gasteiger partial charge in [0.15, 0.2) is 21.3 Å². The number of rotatable bonds is 3. The number of methoxy groups -OCH3 is 1. The van der Waals surface area contributed by atoms with Crippen molar-refractivity contribution >= 4 is 15.5 Å². The number of anilines is 1. The SMILES string of the molecule is COc1cc([C@@H]2C(C#N)=C(N)N(c3ccc(F)cc3)C3=C2S(=O)(=O)CC3)ccc1O. The minimum atomic E-state index is -3.67. The molecule has 0 saturated heterocycles. The Hall–Kier alpha value is -3.51. The van der Waals surface area contributed by atoms with Gasteiger partial charge in [-0.3, -0.25) is 4.90 Å². The van der Waals surface area contributed by atoms with E-state index in [0.717, 1.165) is 0 Å². The lowest BCUT2D eigenvalue weighted by Gasteiger charge is -2.35. The fourth-order valence-corrected chi connectivity index (χ4v) is 5.80. The number of phenolic OH excluding ortho intramolecular Hbond substituents is 1. The van der Waals surface area contributed by atoms with Crippen molar-refractivity contribution in [2.45, 2.75) is 12.3 Å². The van der Waals surface area contributed by atoms with Gasteiger partial charge in [-0.1, -0.05) is 6.07 Å². The van der Waals surface area contributed by atoms with Crippen LogP contribution < -0.4 is 15.4 Å². The van der Waals surface area contributed by atoms with E-state index in [1.165, 1.54) is 48.4 Å². The average Bonchev–Trinajstić information content (AvgIpc) is 3.03. The minimum absolute atomic E-state index is 0.0521. The Balaban J connectivity index is 1.98. The number of nitrogens with zero attached hydrogens (tertiary/aromatic N) is 2. The molecule has 1 atom stereocenters. The summed E-state index contributed by atoms with van der Waals surface area (Å²) in [6.45, 7) is 0. The van der Waals surface area contributed by atoms with E-state index in [-0.39, 0.29) is 40.0 Å². The number of allylic oxidation sites excluding steroid dienone is 3. The first-order valence-corrected chi connectivity index (χ1v) is 10.7. The fourth-order valence-electron chi connectivity index (χ4n) is 3.96. The number of nitriles is 1. The lowest BCUT2D eigenvalue weighted by Crippen LogP contribution is -2.34. The van der Waals surface area contributed by atoms with E-state index in [9.17, 15) is 23.2 Å². The summed E-state index contributed by atoms with van der Waals surface area (Å²) in [4.78, 5) is 1.59. The molecule has 0 bridgehead atoms. The summed E-state index contributed by atoms with van der Waals surface area (Å²) < 4.78 is 44.6. The normalized spacial score (nSPS) is 20.2. The Morgan fingerprint density at radius 1 is 1.27 bits per heavy atom. The molecule has 9 heteroatoms. The molecule has 0 aromatic heterocycles. The number of benzene rings is 2. The second-order valence-corrected chi connectivity index (χ2v) is 9.04. The lowest BCUT2D eigenvalue weighted by molar-refractivity contribution is 0.373. The van der Waals surface area contributed by atoms with Crippen LogP contribution in [0.5, 0.6) is 11.5 Å². The van der Waals surface area contributed by atoms with Gasteiger partial charge >= 0.3 is 0 Å². The molecule has 2 aromatic carbocycles. The van der Waals surface area contributed by atoms with Crippen LogP contribution in [0.2, 0.25) is 0 Å². The standard InChI is InChI=1S/C21H18FN3O4S/c1-29-18-10-12(2-7-17(18)26)19-15(11-23)21(24)25(14-5-3-13(22)4-6-14)16-8-9-30(27,28)20(16)19/h2-7,10,19,26H,8-9,24H2,1H3/t19-/m1/s1. The number of aromatic hydroxyl groups is 1. The third-order valence-corrected chi connectivity index (χ3v) is 7.19. The first kappa shape index (κ1) is 19.8. The van der Waals surface area contributed by atoms with Crippen LogP contribution in [0.3, 0.4) is 0 Å². The molecule has 3 N–H and O–H groups in total. The second kappa shape index (κ2) is 7.07. The zero-order chi connectivity index (χ0) is 21.6. The highest BCUT2D eigenvalue weighted by Gasteiger charge is 2.45. The van der Waals surface area contributed by atoms with Crippen LogP contribution in [0.15, 0.2) is 64.5 Å². The van der Waals surface area contributed by atoms with E-state index in [1.807, 2.05) is 0 Å². The van der Waals surface area contributed by atoms with Gasteiger partial charge in [0.25, 0.3) is 0 Å². The summed E-state index contributed by atoms with van der Waals surface area (Å²) in [5.41, 5.74) is 7.79. The monoisotopic (exact) mass is 427 g/mol. The summed E-state index contributed by atoms with van der Waals surface area (Å²) in [5.74, 6) is -1.36. The molecule has 7 nitrogen and oxygen atoms in total. The zero-order valence-electron chi connectivity index (χ0n) is 16.0. The summed E-state index contributed by atoms with van der Waals surface area (Å²) in [6.07, 6.45) is 0.209. The van der Waals surface area contributed by atoms with Crippen LogP contribution >= 0.6 is 0 Å². The molecule has 0 aliphatic carbocycles. The van der Waals surface area contributed by atoms with Crippen LogP contribution in [0.4, 0.5) is 10.1 Å². The Kier molecular flexibility index (Phi) is 4.67. The summed E-state index contributed by atoms with van der Waals surface area (Å²) in [5, 5.41) is 19.8. The molecule has 30 heavy (non-hydrogen) atoms. The molecule has 2 aliphatic rings. The Morgan fingerprint density at radius 3 is 2.60 bits per heavy atom. The van der Waals surface area contributed by atoms with Crippen LogP contribution in [0, 0.1) is 17.1 Å². The predicted molar refractivity (Wildman–Crippen MR) is 109 cm³/mol. The van der Waals surface area contributed by atoms with E-state index in [4.69, 9.17) is 10.5 Å². The van der Waals surface area contributed by atoms with Crippen molar-refractivity contribution in [2.75, 3.05) is 17.8 Å². The van der Waals surface area contributed by atoms with Crippen LogP contribution in [-0.2, 0) is 9.84 Å². The van der Waals surface area contributed by atoms with E-state index in [1.54, 1.807) is 6.07 Å². The van der Waals surface area contributed by atoms with Crippen LogP contribution in [0.25, 0.3) is 0 Å². The molecule has 0 unspecified atom stereocenters. The maximum absolute atomic E-state index is 13.4. The van der Waals surface area contributed by atoms with Gasteiger partial charge < -0.3 is 15.6 Å². The molecule has 2 heterocycles. The molecular weight excluding hydrogens is 409 g/mol. The van der Waals surface area contributed by atoms with Crippen molar-refractivity contribution < 1.29 is 22.7 Å². The van der Waals surface area contributed by atoms with Crippen molar-refractivity contribution in [3.63, 3.8) is 0 Å². The average molecular weight is 427 g/mol. The highest BCUT2D eigenvalue weighted by Crippen LogP contribution is 2.49. The number of halogens is 1. The van der Waals surface area contributed by atoms with Gasteiger partial charge in [0.1, 0.15) is 11.6 Å². The highest BCUT2D eigenvalue weighted by molar-refractivity contribution is 7.95. The Morgan fingerprint density at radius 2 is 1.97 bits per heavy atom. The van der Waals surface area contributed by atoms with Gasteiger partial charge in [0, 0.05) is 17.8 Å². The molecule has 4 rings (SSSR count). The van der Waals surface area contributed by atoms with Gasteiger partial charge in [0.05, 0.1) is 35.3 Å². The van der Waals surface area contributed by atoms with Gasteiger partial charge in [-0.05, 0) is 42.0 Å². The summed E-state index contributed by atoms with van der Waals surface area (Å²) in [7, 11) is -2.29. The first-order chi connectivity index (χ1) is 14.3. The predicted octanol–water partition coefficient (Wildman–Crippen LogP) is 2.87. The molecule has 0 amide bonds. The smallest absolute Gasteiger partial charge is 0.177 e. The number of nitrogens with two attached hydrogens (primary N) is 1. The molecule has 154 valence electrons. The number of sulfone groups is 1. The van der Waals surface area contributed by atoms with E-state index < -0.39 is 21.6 Å². The number of hydrogen-bond donors (Lipinski definition) is 2. The maximum atomic E-state index is 13.4. The van der Waals surface area contributed by atoms with E-state index >= 15 is 0 Å². The second-order valence-electron chi connectivity index (χ2n) is 6.97. The number of ether oxygens (including phenoxy) is 1. The molecule has 0 fully saturated rings. The van der Waals surface area contributed by atoms with Gasteiger partial charge in [-0.25, -0.2) is 12.8 Å². The minimum Gasteiger partial charge on any atom is -0.504 e. The maximum Gasteiger partial charge on any atom is 0.177 e. The summed E-state index contributed by atoms with van der Waals surface area (Å²) >= 11 is 0. The van der Waals surface area contributed by atoms with Crippen LogP contribution in [-0.4, -0.2) is 26.4 Å². The highest BCUT2D eigenvalue weighted by atomic mass is 32.2. The lowest BCUT2D eigenvalue weighted by atomic mass is 9.87. The molecule has 0 spiro atoms. The topological polar surface area (TPSA) is 117 Å². The molecule has 2 aliphatic heterocycles. The zero-order valence-corrected chi connectivity index (χ0v) is 16.8. The van der Waals surface area contributed by atoms with Gasteiger partial charge in [-0.15, -0.1) is 0 Å². The molecular formula is C21H18FN3O4S. The van der Waals surface area contributed by atoms with Crippen LogP contribution in [0.1, 0.15) is 17.9 Å². The number of hydrogen-bond acceptors (Lipinski definition) is 7. The summed E-state index contributed by atoms with van der Waals surface area (Å²) in [6, 6.07) is 11.9.